The summed E-state index contributed by atoms with van der Waals surface area (Å²) in [5.41, 5.74) is -1.25. The second kappa shape index (κ2) is 8.33. The minimum absolute atomic E-state index is 0.418. The molecule has 0 amide bonds. The van der Waals surface area contributed by atoms with Crippen LogP contribution in [0.3, 0.4) is 0 Å². The van der Waals surface area contributed by atoms with Gasteiger partial charge in [-0.15, -0.1) is 0 Å². The average molecular weight is 520 g/mol. The fourth-order valence-corrected chi connectivity index (χ4v) is 5.78. The van der Waals surface area contributed by atoms with E-state index >= 15 is 0 Å². The molecule has 2 unspecified atom stereocenters. The maximum atomic E-state index is 14.5. The molecule has 1 aromatic rings. The van der Waals surface area contributed by atoms with E-state index in [2.05, 4.69) is 13.1 Å². The average Bonchev–Trinajstić information content (AvgIpc) is 2.70. The van der Waals surface area contributed by atoms with Gasteiger partial charge in [0.1, 0.15) is 6.10 Å². The molecule has 0 aromatic carbocycles. The number of phosphoric acid groups is 3. The molecule has 1 fully saturated rings. The standard InChI is InChI=1S/C9H13F2N2O13P3S/c1-9(24-28(19,20)26-29(21,22)25-27(16,17)18)5(14)4(11)7(23-9)13-2-3(10)6(15)12-8(13)30/h2,4-5,7,14H,1H3,(H,19,20)(H,21,22)(H,12,15,30)(H2,16,17,18)/t4-,5+,7+,9+/m0/s1. The highest BCUT2D eigenvalue weighted by atomic mass is 32.1. The number of phosphoric ester groups is 1. The minimum atomic E-state index is -5.89. The number of aliphatic hydroxyl groups is 1. The van der Waals surface area contributed by atoms with Gasteiger partial charge in [-0.1, -0.05) is 0 Å². The van der Waals surface area contributed by atoms with Gasteiger partial charge in [0.25, 0.3) is 5.56 Å². The number of aromatic amines is 1. The van der Waals surface area contributed by atoms with E-state index in [0.29, 0.717) is 17.7 Å². The summed E-state index contributed by atoms with van der Waals surface area (Å²) in [5.74, 6) is -4.23. The zero-order chi connectivity index (χ0) is 23.3. The van der Waals surface area contributed by atoms with Crippen molar-refractivity contribution in [3.63, 3.8) is 0 Å². The second-order valence-corrected chi connectivity index (χ2v) is 10.5. The van der Waals surface area contributed by atoms with Crippen LogP contribution in [0.15, 0.2) is 11.0 Å². The van der Waals surface area contributed by atoms with Crippen LogP contribution in [0, 0.1) is 10.6 Å². The molecule has 0 aliphatic carbocycles. The first-order valence-electron chi connectivity index (χ1n) is 7.21. The maximum absolute atomic E-state index is 14.5. The smallest absolute Gasteiger partial charge is 0.384 e. The Morgan fingerprint density at radius 1 is 1.23 bits per heavy atom. The number of halogens is 2. The van der Waals surface area contributed by atoms with Crippen LogP contribution in [-0.2, 0) is 31.6 Å². The highest BCUT2D eigenvalue weighted by molar-refractivity contribution is 7.71. The van der Waals surface area contributed by atoms with E-state index < -0.39 is 63.9 Å². The third-order valence-electron chi connectivity index (χ3n) is 3.38. The number of aliphatic hydroxyl groups excluding tert-OH is 1. The van der Waals surface area contributed by atoms with Crippen molar-refractivity contribution in [2.24, 2.45) is 0 Å². The van der Waals surface area contributed by atoms with Crippen molar-refractivity contribution in [1.29, 1.82) is 0 Å². The van der Waals surface area contributed by atoms with Crippen molar-refractivity contribution in [3.05, 3.63) is 27.1 Å². The normalized spacial score (nSPS) is 31.3. The van der Waals surface area contributed by atoms with Crippen LogP contribution < -0.4 is 5.56 Å². The van der Waals surface area contributed by atoms with E-state index in [1.54, 1.807) is 0 Å². The van der Waals surface area contributed by atoms with Gasteiger partial charge in [0.05, 0.1) is 6.20 Å². The number of hydrogen-bond acceptors (Lipinski definition) is 10. The number of rotatable bonds is 7. The summed E-state index contributed by atoms with van der Waals surface area (Å²) in [6, 6.07) is 0. The van der Waals surface area contributed by atoms with Gasteiger partial charge in [-0.2, -0.15) is 13.0 Å². The molecule has 172 valence electrons. The van der Waals surface area contributed by atoms with Gasteiger partial charge >= 0.3 is 23.5 Å². The Morgan fingerprint density at radius 2 is 1.80 bits per heavy atom. The van der Waals surface area contributed by atoms with Crippen molar-refractivity contribution < 1.29 is 65.0 Å². The van der Waals surface area contributed by atoms with Gasteiger partial charge in [0, 0.05) is 0 Å². The Bertz CT molecular complexity index is 1090. The predicted molar refractivity (Wildman–Crippen MR) is 90.2 cm³/mol. The predicted octanol–water partition coefficient (Wildman–Crippen LogP) is 0.332. The first-order chi connectivity index (χ1) is 13.4. The van der Waals surface area contributed by atoms with Gasteiger partial charge in [-0.3, -0.25) is 18.9 Å². The molecule has 1 aliphatic rings. The van der Waals surface area contributed by atoms with Gasteiger partial charge in [0.15, 0.2) is 17.2 Å². The summed E-state index contributed by atoms with van der Waals surface area (Å²) in [6.07, 6.45) is -6.53. The SMILES string of the molecule is C[C@]1(OP(=O)(O)OP(=O)(O)OP(=O)(O)O)O[C@@H](n2cc(F)c(=O)[nH]c2=S)[C@@H](F)[C@H]1O. The van der Waals surface area contributed by atoms with Crippen LogP contribution >= 0.6 is 35.7 Å². The molecule has 6 atom stereocenters. The molecule has 2 heterocycles. The van der Waals surface area contributed by atoms with Crippen LogP contribution in [0.5, 0.6) is 0 Å². The third kappa shape index (κ3) is 5.95. The molecule has 0 bridgehead atoms. The van der Waals surface area contributed by atoms with Crippen LogP contribution in [0.25, 0.3) is 0 Å². The molecular formula is C9H13F2N2O13P3S. The summed E-state index contributed by atoms with van der Waals surface area (Å²) in [4.78, 5) is 48.6. The van der Waals surface area contributed by atoms with Crippen LogP contribution in [0.4, 0.5) is 8.78 Å². The monoisotopic (exact) mass is 520 g/mol. The van der Waals surface area contributed by atoms with Crippen molar-refractivity contribution >= 4 is 35.7 Å². The maximum Gasteiger partial charge on any atom is 0.490 e. The molecule has 0 saturated carbocycles. The molecule has 1 saturated heterocycles. The lowest BCUT2D eigenvalue weighted by Gasteiger charge is -2.29. The van der Waals surface area contributed by atoms with Crippen LogP contribution in [0.1, 0.15) is 13.2 Å². The molecule has 2 rings (SSSR count). The van der Waals surface area contributed by atoms with Gasteiger partial charge in [0.2, 0.25) is 11.6 Å². The Hall–Kier alpha value is -0.710. The quantitative estimate of drug-likeness (QED) is 0.210. The van der Waals surface area contributed by atoms with E-state index in [1.165, 1.54) is 0 Å². The van der Waals surface area contributed by atoms with Gasteiger partial charge in [-0.05, 0) is 19.1 Å². The Morgan fingerprint density at radius 3 is 2.33 bits per heavy atom. The summed E-state index contributed by atoms with van der Waals surface area (Å²) in [7, 11) is -17.4. The van der Waals surface area contributed by atoms with E-state index in [9.17, 15) is 37.3 Å². The van der Waals surface area contributed by atoms with E-state index in [1.807, 2.05) is 4.98 Å². The largest absolute Gasteiger partial charge is 0.490 e. The van der Waals surface area contributed by atoms with Crippen molar-refractivity contribution in [3.8, 4) is 0 Å². The summed E-state index contributed by atoms with van der Waals surface area (Å²) >= 11 is 4.72. The zero-order valence-corrected chi connectivity index (χ0v) is 17.8. The number of ether oxygens (including phenoxy) is 1. The topological polar surface area (TPSA) is 227 Å². The number of alkyl halides is 1. The highest BCUT2D eigenvalue weighted by Gasteiger charge is 2.58. The van der Waals surface area contributed by atoms with Crippen LogP contribution in [0.2, 0.25) is 0 Å². The first-order valence-corrected chi connectivity index (χ1v) is 12.1. The first kappa shape index (κ1) is 25.5. The molecule has 6 N–H and O–H groups in total. The molecule has 1 aliphatic heterocycles. The van der Waals surface area contributed by atoms with E-state index in [4.69, 9.17) is 31.6 Å². The van der Waals surface area contributed by atoms with Crippen molar-refractivity contribution in [1.82, 2.24) is 9.55 Å². The summed E-state index contributed by atoms with van der Waals surface area (Å²) in [6.45, 7) is 0.675. The second-order valence-electron chi connectivity index (χ2n) is 5.74. The Labute approximate surface area is 169 Å². The fraction of sp³-hybridized carbons (Fsp3) is 0.556. The molecule has 0 radical (unpaired) electrons. The molecule has 0 spiro atoms. The summed E-state index contributed by atoms with van der Waals surface area (Å²) in [5, 5.41) is 10.00. The Balaban J connectivity index is 2.30. The van der Waals surface area contributed by atoms with Crippen molar-refractivity contribution in [2.75, 3.05) is 0 Å². The van der Waals surface area contributed by atoms with E-state index in [-0.39, 0.29) is 0 Å². The minimum Gasteiger partial charge on any atom is -0.384 e. The lowest BCUT2D eigenvalue weighted by atomic mass is 10.1. The third-order valence-corrected chi connectivity index (χ3v) is 7.61. The lowest BCUT2D eigenvalue weighted by Crippen LogP contribution is -2.41. The molecule has 30 heavy (non-hydrogen) atoms. The Kier molecular flexibility index (Phi) is 7.09. The number of nitrogens with one attached hydrogen (secondary N) is 1. The fourth-order valence-electron chi connectivity index (χ4n) is 2.28. The van der Waals surface area contributed by atoms with Gasteiger partial charge in [-0.25, -0.2) is 18.1 Å². The molecule has 1 aromatic heterocycles. The van der Waals surface area contributed by atoms with E-state index in [0.717, 1.165) is 0 Å². The molecule has 21 heteroatoms. The number of nitrogens with zero attached hydrogens (tertiary/aromatic N) is 1. The van der Waals surface area contributed by atoms with Crippen LogP contribution in [-0.4, -0.2) is 52.3 Å². The number of H-pyrrole nitrogens is 1. The molecular weight excluding hydrogens is 507 g/mol. The number of hydrogen-bond donors (Lipinski definition) is 6. The molecule has 15 nitrogen and oxygen atoms in total. The summed E-state index contributed by atoms with van der Waals surface area (Å²) < 4.78 is 78.2. The number of aromatic nitrogens is 2. The van der Waals surface area contributed by atoms with Gasteiger partial charge < -0.3 is 29.4 Å². The lowest BCUT2D eigenvalue weighted by molar-refractivity contribution is -0.214. The zero-order valence-electron chi connectivity index (χ0n) is 14.3. The van der Waals surface area contributed by atoms with Crippen molar-refractivity contribution in [2.45, 2.75) is 31.2 Å². The highest BCUT2D eigenvalue weighted by Crippen LogP contribution is 2.67.